The molecule has 14 heavy (non-hydrogen) atoms. The lowest BCUT2D eigenvalue weighted by Crippen LogP contribution is -2.39. The van der Waals surface area contributed by atoms with Gasteiger partial charge in [0, 0.05) is 18.9 Å². The standard InChI is InChI=1S/C9H13N3O2/c13-6-8-2-1-4-12(8)9(14)11-5-3-10-7-11/h3,5,7-8,13H,1-2,4,6H2/t8-/m1/s1. The highest BCUT2D eigenvalue weighted by Gasteiger charge is 2.28. The van der Waals surface area contributed by atoms with Gasteiger partial charge in [-0.25, -0.2) is 9.78 Å². The predicted octanol–water partition coefficient (Wildman–Crippen LogP) is 0.308. The van der Waals surface area contributed by atoms with Gasteiger partial charge in [0.15, 0.2) is 0 Å². The molecule has 5 heteroatoms. The SMILES string of the molecule is O=C(N1CCC[C@@H]1CO)n1ccnc1. The Hall–Kier alpha value is -1.36. The average Bonchev–Trinajstić information content (AvgIpc) is 2.87. The fourth-order valence-electron chi connectivity index (χ4n) is 1.80. The molecule has 0 radical (unpaired) electrons. The van der Waals surface area contributed by atoms with Gasteiger partial charge in [-0.05, 0) is 12.8 Å². The molecule has 1 aromatic rings. The Morgan fingerprint density at radius 2 is 2.50 bits per heavy atom. The molecule has 1 N–H and O–H groups in total. The van der Waals surface area contributed by atoms with E-state index in [0.717, 1.165) is 19.4 Å². The van der Waals surface area contributed by atoms with Crippen LogP contribution in [-0.2, 0) is 0 Å². The van der Waals surface area contributed by atoms with E-state index in [2.05, 4.69) is 4.98 Å². The number of amides is 1. The molecule has 1 aliphatic heterocycles. The molecule has 1 atom stereocenters. The number of carbonyl (C=O) groups excluding carboxylic acids is 1. The molecule has 0 unspecified atom stereocenters. The van der Waals surface area contributed by atoms with Gasteiger partial charge in [0.05, 0.1) is 12.6 Å². The molecule has 0 saturated carbocycles. The van der Waals surface area contributed by atoms with Crippen LogP contribution in [0.15, 0.2) is 18.7 Å². The van der Waals surface area contributed by atoms with E-state index in [9.17, 15) is 4.79 Å². The molecule has 1 fully saturated rings. The Morgan fingerprint density at radius 3 is 3.14 bits per heavy atom. The van der Waals surface area contributed by atoms with Gasteiger partial charge in [-0.15, -0.1) is 0 Å². The molecule has 0 spiro atoms. The summed E-state index contributed by atoms with van der Waals surface area (Å²) in [5.74, 6) is 0. The van der Waals surface area contributed by atoms with Crippen LogP contribution in [0.25, 0.3) is 0 Å². The molecular weight excluding hydrogens is 182 g/mol. The van der Waals surface area contributed by atoms with Crippen molar-refractivity contribution in [2.45, 2.75) is 18.9 Å². The summed E-state index contributed by atoms with van der Waals surface area (Å²) >= 11 is 0. The summed E-state index contributed by atoms with van der Waals surface area (Å²) in [5.41, 5.74) is 0. The Bertz CT molecular complexity index is 310. The van der Waals surface area contributed by atoms with E-state index in [-0.39, 0.29) is 18.7 Å². The summed E-state index contributed by atoms with van der Waals surface area (Å²) in [7, 11) is 0. The maximum atomic E-state index is 11.8. The fraction of sp³-hybridized carbons (Fsp3) is 0.556. The van der Waals surface area contributed by atoms with Crippen molar-refractivity contribution < 1.29 is 9.90 Å². The summed E-state index contributed by atoms with van der Waals surface area (Å²) < 4.78 is 1.44. The highest BCUT2D eigenvalue weighted by atomic mass is 16.3. The highest BCUT2D eigenvalue weighted by molar-refractivity contribution is 5.77. The fourth-order valence-corrected chi connectivity index (χ4v) is 1.80. The minimum Gasteiger partial charge on any atom is -0.394 e. The predicted molar refractivity (Wildman–Crippen MR) is 49.8 cm³/mol. The smallest absolute Gasteiger partial charge is 0.329 e. The lowest BCUT2D eigenvalue weighted by atomic mass is 10.2. The van der Waals surface area contributed by atoms with E-state index in [1.165, 1.54) is 10.9 Å². The highest BCUT2D eigenvalue weighted by Crippen LogP contribution is 2.17. The second-order valence-corrected chi connectivity index (χ2v) is 3.42. The van der Waals surface area contributed by atoms with Crippen molar-refractivity contribution in [3.63, 3.8) is 0 Å². The molecule has 0 aliphatic carbocycles. The summed E-state index contributed by atoms with van der Waals surface area (Å²) in [6.45, 7) is 0.767. The van der Waals surface area contributed by atoms with Gasteiger partial charge in [0.1, 0.15) is 6.33 Å². The minimum atomic E-state index is -0.0981. The van der Waals surface area contributed by atoms with Crippen LogP contribution >= 0.6 is 0 Å². The molecular formula is C9H13N3O2. The lowest BCUT2D eigenvalue weighted by molar-refractivity contribution is 0.158. The summed E-state index contributed by atoms with van der Waals surface area (Å²) in [4.78, 5) is 17.3. The van der Waals surface area contributed by atoms with Crippen LogP contribution < -0.4 is 0 Å². The van der Waals surface area contributed by atoms with E-state index in [1.54, 1.807) is 17.3 Å². The van der Waals surface area contributed by atoms with E-state index in [4.69, 9.17) is 5.11 Å². The Kier molecular flexibility index (Phi) is 2.49. The second-order valence-electron chi connectivity index (χ2n) is 3.42. The van der Waals surface area contributed by atoms with Gasteiger partial charge in [-0.2, -0.15) is 0 Å². The maximum Gasteiger partial charge on any atom is 0.329 e. The van der Waals surface area contributed by atoms with Crippen molar-refractivity contribution in [1.82, 2.24) is 14.5 Å². The number of aliphatic hydroxyl groups is 1. The number of carbonyl (C=O) groups is 1. The topological polar surface area (TPSA) is 58.4 Å². The minimum absolute atomic E-state index is 0.0232. The molecule has 1 amide bonds. The number of aliphatic hydroxyl groups excluding tert-OH is 1. The first-order chi connectivity index (χ1) is 6.83. The third-order valence-corrected chi connectivity index (χ3v) is 2.56. The first kappa shape index (κ1) is 9.21. The molecule has 2 rings (SSSR count). The number of likely N-dealkylation sites (tertiary alicyclic amines) is 1. The monoisotopic (exact) mass is 195 g/mol. The van der Waals surface area contributed by atoms with Gasteiger partial charge in [0.2, 0.25) is 0 Å². The van der Waals surface area contributed by atoms with Crippen LogP contribution in [0.3, 0.4) is 0 Å². The number of hydrogen-bond acceptors (Lipinski definition) is 3. The Morgan fingerprint density at radius 1 is 1.64 bits per heavy atom. The number of imidazole rings is 1. The number of nitrogens with zero attached hydrogens (tertiary/aromatic N) is 3. The summed E-state index contributed by atoms with van der Waals surface area (Å²) in [6, 6.07) is -0.121. The van der Waals surface area contributed by atoms with Crippen LogP contribution in [0, 0.1) is 0 Å². The van der Waals surface area contributed by atoms with Gasteiger partial charge < -0.3 is 10.0 Å². The van der Waals surface area contributed by atoms with Crippen molar-refractivity contribution in [1.29, 1.82) is 0 Å². The van der Waals surface area contributed by atoms with Crippen molar-refractivity contribution in [3.05, 3.63) is 18.7 Å². The second kappa shape index (κ2) is 3.79. The van der Waals surface area contributed by atoms with Gasteiger partial charge >= 0.3 is 6.03 Å². The number of hydrogen-bond donors (Lipinski definition) is 1. The Labute approximate surface area is 82.0 Å². The van der Waals surface area contributed by atoms with Crippen molar-refractivity contribution >= 4 is 6.03 Å². The van der Waals surface area contributed by atoms with Crippen molar-refractivity contribution in [3.8, 4) is 0 Å². The first-order valence-electron chi connectivity index (χ1n) is 4.72. The lowest BCUT2D eigenvalue weighted by Gasteiger charge is -2.22. The molecule has 0 aromatic carbocycles. The molecule has 76 valence electrons. The molecule has 0 bridgehead atoms. The largest absolute Gasteiger partial charge is 0.394 e. The van der Waals surface area contributed by atoms with Gasteiger partial charge in [-0.3, -0.25) is 4.57 Å². The zero-order valence-electron chi connectivity index (χ0n) is 7.83. The van der Waals surface area contributed by atoms with E-state index in [1.807, 2.05) is 0 Å². The number of aromatic nitrogens is 2. The zero-order chi connectivity index (χ0) is 9.97. The quantitative estimate of drug-likeness (QED) is 0.701. The van der Waals surface area contributed by atoms with Crippen LogP contribution in [0.2, 0.25) is 0 Å². The third kappa shape index (κ3) is 1.50. The number of rotatable bonds is 1. The van der Waals surface area contributed by atoms with Crippen LogP contribution in [0.1, 0.15) is 12.8 Å². The normalized spacial score (nSPS) is 21.5. The summed E-state index contributed by atoms with van der Waals surface area (Å²) in [6.07, 6.45) is 6.52. The molecule has 1 aliphatic rings. The first-order valence-corrected chi connectivity index (χ1v) is 4.72. The van der Waals surface area contributed by atoms with Crippen molar-refractivity contribution in [2.75, 3.05) is 13.2 Å². The average molecular weight is 195 g/mol. The van der Waals surface area contributed by atoms with Crippen LogP contribution in [0.4, 0.5) is 4.79 Å². The maximum absolute atomic E-state index is 11.8. The summed E-state index contributed by atoms with van der Waals surface area (Å²) in [5, 5.41) is 9.06. The van der Waals surface area contributed by atoms with E-state index in [0.29, 0.717) is 0 Å². The zero-order valence-corrected chi connectivity index (χ0v) is 7.83. The van der Waals surface area contributed by atoms with Crippen LogP contribution in [0.5, 0.6) is 0 Å². The molecule has 1 aromatic heterocycles. The molecule has 5 nitrogen and oxygen atoms in total. The van der Waals surface area contributed by atoms with Crippen molar-refractivity contribution in [2.24, 2.45) is 0 Å². The van der Waals surface area contributed by atoms with E-state index >= 15 is 0 Å². The van der Waals surface area contributed by atoms with Crippen LogP contribution in [-0.4, -0.2) is 44.8 Å². The molecule has 2 heterocycles. The third-order valence-electron chi connectivity index (χ3n) is 2.56. The van der Waals surface area contributed by atoms with Gasteiger partial charge in [-0.1, -0.05) is 0 Å². The molecule has 1 saturated heterocycles. The van der Waals surface area contributed by atoms with Gasteiger partial charge in [0.25, 0.3) is 0 Å². The van der Waals surface area contributed by atoms with E-state index < -0.39 is 0 Å². The Balaban J connectivity index is 2.11.